The van der Waals surface area contributed by atoms with Crippen LogP contribution >= 0.6 is 11.6 Å². The van der Waals surface area contributed by atoms with Crippen molar-refractivity contribution in [1.82, 2.24) is 0 Å². The number of benzene rings is 1. The van der Waals surface area contributed by atoms with Gasteiger partial charge in [0, 0.05) is 11.4 Å². The molecule has 0 saturated heterocycles. The molecule has 11 heavy (non-hydrogen) atoms. The van der Waals surface area contributed by atoms with Crippen molar-refractivity contribution >= 4 is 11.6 Å². The zero-order valence-electron chi connectivity index (χ0n) is 5.77. The molecule has 0 amide bonds. The monoisotopic (exact) mass is 168 g/mol. The summed E-state index contributed by atoms with van der Waals surface area (Å²) in [5.41, 5.74) is 0.661. The van der Waals surface area contributed by atoms with Crippen molar-refractivity contribution in [1.29, 1.82) is 0 Å². The zero-order chi connectivity index (χ0) is 8.27. The van der Waals surface area contributed by atoms with Gasteiger partial charge < -0.3 is 0 Å². The first-order chi connectivity index (χ1) is 5.24. The van der Waals surface area contributed by atoms with E-state index < -0.39 is 0 Å². The Morgan fingerprint density at radius 1 is 1.55 bits per heavy atom. The molecule has 0 saturated carbocycles. The van der Waals surface area contributed by atoms with Crippen LogP contribution < -0.4 is 0 Å². The average molecular weight is 169 g/mol. The van der Waals surface area contributed by atoms with Gasteiger partial charge in [0.1, 0.15) is 5.82 Å². The summed E-state index contributed by atoms with van der Waals surface area (Å²) in [5.74, 6) is 2.10. The van der Waals surface area contributed by atoms with Gasteiger partial charge >= 0.3 is 0 Å². The molecular formula is C9H6ClF. The minimum absolute atomic E-state index is 0.306. The van der Waals surface area contributed by atoms with E-state index >= 15 is 0 Å². The fraction of sp³-hybridized carbons (Fsp3) is 0.111. The van der Waals surface area contributed by atoms with E-state index in [-0.39, 0.29) is 5.82 Å². The van der Waals surface area contributed by atoms with Gasteiger partial charge in [-0.1, -0.05) is 11.6 Å². The number of hydrogen-bond donors (Lipinski definition) is 0. The average Bonchev–Trinajstić information content (AvgIpc) is 1.98. The summed E-state index contributed by atoms with van der Waals surface area (Å²) in [6, 6.07) is 4.16. The molecule has 0 nitrogen and oxygen atoms in total. The van der Waals surface area contributed by atoms with Gasteiger partial charge in [-0.3, -0.25) is 0 Å². The lowest BCUT2D eigenvalue weighted by atomic mass is 10.1. The molecule has 1 aromatic carbocycles. The van der Waals surface area contributed by atoms with Crippen LogP contribution in [0.25, 0.3) is 0 Å². The number of terminal acetylenes is 1. The molecule has 0 radical (unpaired) electrons. The van der Waals surface area contributed by atoms with Crippen LogP contribution in [0.3, 0.4) is 0 Å². The summed E-state index contributed by atoms with van der Waals surface area (Å²) in [6.07, 6.45) is 5.42. The second-order valence-corrected chi connectivity index (χ2v) is 2.52. The molecule has 0 aliphatic carbocycles. The van der Waals surface area contributed by atoms with Gasteiger partial charge in [0.2, 0.25) is 0 Å². The van der Waals surface area contributed by atoms with Gasteiger partial charge in [-0.15, -0.1) is 12.3 Å². The van der Waals surface area contributed by atoms with E-state index in [1.54, 1.807) is 0 Å². The van der Waals surface area contributed by atoms with Crippen molar-refractivity contribution < 1.29 is 4.39 Å². The van der Waals surface area contributed by atoms with Gasteiger partial charge in [0.05, 0.1) is 0 Å². The summed E-state index contributed by atoms with van der Waals surface area (Å²) >= 11 is 5.71. The largest absolute Gasteiger partial charge is 0.207 e. The third-order valence-corrected chi connectivity index (χ3v) is 1.67. The maximum Gasteiger partial charge on any atom is 0.123 e. The van der Waals surface area contributed by atoms with Crippen LogP contribution in [0.1, 0.15) is 5.56 Å². The summed E-state index contributed by atoms with van der Waals surface area (Å²) in [6.45, 7) is 0. The highest BCUT2D eigenvalue weighted by molar-refractivity contribution is 6.31. The van der Waals surface area contributed by atoms with Crippen molar-refractivity contribution in [2.24, 2.45) is 0 Å². The second kappa shape index (κ2) is 3.41. The first-order valence-electron chi connectivity index (χ1n) is 3.11. The van der Waals surface area contributed by atoms with Crippen molar-refractivity contribution in [3.8, 4) is 12.3 Å². The maximum absolute atomic E-state index is 12.5. The van der Waals surface area contributed by atoms with Crippen LogP contribution in [0.4, 0.5) is 4.39 Å². The lowest BCUT2D eigenvalue weighted by Gasteiger charge is -1.98. The van der Waals surface area contributed by atoms with E-state index in [9.17, 15) is 4.39 Å². The topological polar surface area (TPSA) is 0 Å². The molecule has 0 spiro atoms. The fourth-order valence-corrected chi connectivity index (χ4v) is 0.973. The Labute approximate surface area is 70.0 Å². The number of rotatable bonds is 1. The number of halogens is 2. The molecule has 56 valence electrons. The van der Waals surface area contributed by atoms with Crippen molar-refractivity contribution in [2.75, 3.05) is 0 Å². The fourth-order valence-electron chi connectivity index (χ4n) is 0.789. The highest BCUT2D eigenvalue weighted by Crippen LogP contribution is 2.16. The minimum atomic E-state index is -0.306. The third kappa shape index (κ3) is 1.96. The van der Waals surface area contributed by atoms with Gasteiger partial charge in [-0.2, -0.15) is 0 Å². The highest BCUT2D eigenvalue weighted by Gasteiger charge is 1.99. The molecule has 1 rings (SSSR count). The standard InChI is InChI=1S/C9H6ClF/c1-2-3-7-6-8(11)4-5-9(7)10/h1,4-6H,3H2. The van der Waals surface area contributed by atoms with E-state index in [2.05, 4.69) is 5.92 Å². The van der Waals surface area contributed by atoms with Crippen molar-refractivity contribution in [2.45, 2.75) is 6.42 Å². The van der Waals surface area contributed by atoms with Crippen LogP contribution in [0.15, 0.2) is 18.2 Å². The normalized spacial score (nSPS) is 9.18. The Kier molecular flexibility index (Phi) is 2.51. The molecule has 0 N–H and O–H groups in total. The van der Waals surface area contributed by atoms with Crippen molar-refractivity contribution in [3.05, 3.63) is 34.6 Å². The lowest BCUT2D eigenvalue weighted by Crippen LogP contribution is -1.84. The first-order valence-corrected chi connectivity index (χ1v) is 3.49. The van der Waals surface area contributed by atoms with Crippen LogP contribution in [0, 0.1) is 18.2 Å². The summed E-state index contributed by atoms with van der Waals surface area (Å²) in [7, 11) is 0. The predicted octanol–water partition coefficient (Wildman–Crippen LogP) is 2.65. The molecule has 0 aliphatic rings. The molecule has 0 bridgehead atoms. The minimum Gasteiger partial charge on any atom is -0.207 e. The molecule has 0 heterocycles. The second-order valence-electron chi connectivity index (χ2n) is 2.12. The van der Waals surface area contributed by atoms with E-state index in [0.29, 0.717) is 17.0 Å². The molecule has 0 unspecified atom stereocenters. The Balaban J connectivity index is 3.05. The summed E-state index contributed by atoms with van der Waals surface area (Å²) < 4.78 is 12.5. The number of hydrogen-bond acceptors (Lipinski definition) is 0. The molecule has 0 atom stereocenters. The van der Waals surface area contributed by atoms with Crippen LogP contribution in [0.5, 0.6) is 0 Å². The summed E-state index contributed by atoms with van der Waals surface area (Å²) in [5, 5.41) is 0.518. The van der Waals surface area contributed by atoms with E-state index in [1.165, 1.54) is 18.2 Å². The van der Waals surface area contributed by atoms with Gasteiger partial charge in [-0.05, 0) is 23.8 Å². The Morgan fingerprint density at radius 3 is 2.91 bits per heavy atom. The Hall–Kier alpha value is -1.00. The van der Waals surface area contributed by atoms with Crippen LogP contribution in [-0.4, -0.2) is 0 Å². The lowest BCUT2D eigenvalue weighted by molar-refractivity contribution is 0.626. The van der Waals surface area contributed by atoms with Gasteiger partial charge in [-0.25, -0.2) is 4.39 Å². The van der Waals surface area contributed by atoms with Crippen LogP contribution in [-0.2, 0) is 6.42 Å². The van der Waals surface area contributed by atoms with E-state index in [1.807, 2.05) is 0 Å². The molecule has 0 aromatic heterocycles. The molecule has 0 fully saturated rings. The summed E-state index contributed by atoms with van der Waals surface area (Å²) in [4.78, 5) is 0. The Bertz CT molecular complexity index is 299. The quantitative estimate of drug-likeness (QED) is 0.566. The van der Waals surface area contributed by atoms with Crippen LogP contribution in [0.2, 0.25) is 5.02 Å². The Morgan fingerprint density at radius 2 is 2.27 bits per heavy atom. The first kappa shape index (κ1) is 8.10. The van der Waals surface area contributed by atoms with E-state index in [4.69, 9.17) is 18.0 Å². The van der Waals surface area contributed by atoms with E-state index in [0.717, 1.165) is 0 Å². The maximum atomic E-state index is 12.5. The molecule has 1 aromatic rings. The zero-order valence-corrected chi connectivity index (χ0v) is 6.53. The van der Waals surface area contributed by atoms with Gasteiger partial charge in [0.25, 0.3) is 0 Å². The predicted molar refractivity (Wildman–Crippen MR) is 43.9 cm³/mol. The molecular weight excluding hydrogens is 163 g/mol. The smallest absolute Gasteiger partial charge is 0.123 e. The highest BCUT2D eigenvalue weighted by atomic mass is 35.5. The van der Waals surface area contributed by atoms with Gasteiger partial charge in [0.15, 0.2) is 0 Å². The SMILES string of the molecule is C#CCc1cc(F)ccc1Cl. The molecule has 2 heteroatoms. The third-order valence-electron chi connectivity index (χ3n) is 1.30. The van der Waals surface area contributed by atoms with Crippen molar-refractivity contribution in [3.63, 3.8) is 0 Å². The molecule has 0 aliphatic heterocycles.